The van der Waals surface area contributed by atoms with Crippen LogP contribution in [-0.2, 0) is 6.54 Å². The highest BCUT2D eigenvalue weighted by atomic mass is 32.1. The molecule has 0 atom stereocenters. The van der Waals surface area contributed by atoms with Crippen LogP contribution in [0.5, 0.6) is 0 Å². The minimum Gasteiger partial charge on any atom is -0.350 e. The zero-order valence-corrected chi connectivity index (χ0v) is 15.7. The molecule has 0 spiro atoms. The van der Waals surface area contributed by atoms with Crippen molar-refractivity contribution in [1.82, 2.24) is 20.2 Å². The maximum atomic E-state index is 13.4. The highest BCUT2D eigenvalue weighted by Gasteiger charge is 2.11. The van der Waals surface area contributed by atoms with Crippen LogP contribution in [0, 0.1) is 11.6 Å². The summed E-state index contributed by atoms with van der Waals surface area (Å²) in [6.45, 7) is 0.271. The van der Waals surface area contributed by atoms with Crippen molar-refractivity contribution in [3.8, 4) is 0 Å². The van der Waals surface area contributed by atoms with Crippen LogP contribution < -0.4 is 10.6 Å². The van der Waals surface area contributed by atoms with Gasteiger partial charge in [-0.3, -0.25) is 5.10 Å². The number of hydrogen-bond acceptors (Lipinski definition) is 6. The monoisotopic (exact) mass is 408 g/mol. The first-order valence-electron chi connectivity index (χ1n) is 8.79. The summed E-state index contributed by atoms with van der Waals surface area (Å²) < 4.78 is 27.4. The number of rotatable bonds is 5. The van der Waals surface area contributed by atoms with Gasteiger partial charge in [0.15, 0.2) is 17.5 Å². The Kier molecular flexibility index (Phi) is 4.28. The average Bonchev–Trinajstić information content (AvgIpc) is 3.37. The van der Waals surface area contributed by atoms with E-state index in [0.29, 0.717) is 17.3 Å². The normalized spacial score (nSPS) is 11.2. The van der Waals surface area contributed by atoms with Crippen LogP contribution in [0.3, 0.4) is 0 Å². The largest absolute Gasteiger partial charge is 0.350 e. The summed E-state index contributed by atoms with van der Waals surface area (Å²) in [5, 5.41) is 16.3. The van der Waals surface area contributed by atoms with Gasteiger partial charge in [-0.2, -0.15) is 10.1 Å². The number of anilines is 3. The molecule has 144 valence electrons. The van der Waals surface area contributed by atoms with Crippen LogP contribution in [0.25, 0.3) is 21.1 Å². The SMILES string of the molecule is Fc1ccc(CNc2nc(Nc3ccc4[nH]ncc4c3)c3sccc3n2)cc1F. The summed E-state index contributed by atoms with van der Waals surface area (Å²) in [4.78, 5) is 9.08. The number of aromatic nitrogens is 4. The number of nitrogens with one attached hydrogen (secondary N) is 3. The molecular weight excluding hydrogens is 394 g/mol. The minimum atomic E-state index is -0.879. The quantitative estimate of drug-likeness (QED) is 0.372. The summed E-state index contributed by atoms with van der Waals surface area (Å²) in [5.41, 5.74) is 3.22. The summed E-state index contributed by atoms with van der Waals surface area (Å²) in [7, 11) is 0. The van der Waals surface area contributed by atoms with Gasteiger partial charge in [0.2, 0.25) is 5.95 Å². The van der Waals surface area contributed by atoms with E-state index in [1.165, 1.54) is 6.07 Å². The van der Waals surface area contributed by atoms with E-state index in [-0.39, 0.29) is 6.54 Å². The molecular formula is C20H14F2N6S. The van der Waals surface area contributed by atoms with Crippen LogP contribution in [0.4, 0.5) is 26.2 Å². The van der Waals surface area contributed by atoms with Gasteiger partial charge in [-0.25, -0.2) is 13.8 Å². The topological polar surface area (TPSA) is 78.5 Å². The molecule has 0 aliphatic carbocycles. The molecule has 0 fully saturated rings. The second kappa shape index (κ2) is 7.10. The Balaban J connectivity index is 1.43. The Bertz CT molecular complexity index is 1330. The Hall–Kier alpha value is -3.59. The fourth-order valence-corrected chi connectivity index (χ4v) is 3.79. The van der Waals surface area contributed by atoms with Crippen molar-refractivity contribution in [2.24, 2.45) is 0 Å². The van der Waals surface area contributed by atoms with Crippen molar-refractivity contribution in [1.29, 1.82) is 0 Å². The number of benzene rings is 2. The Morgan fingerprint density at radius 1 is 1.00 bits per heavy atom. The molecule has 9 heteroatoms. The number of aromatic amines is 1. The standard InChI is InChI=1S/C20H14F2N6S/c21-14-3-1-11(7-15(14)22)9-23-20-26-17-5-6-29-18(17)19(27-20)25-13-2-4-16-12(8-13)10-24-28-16/h1-8,10H,9H2,(H,24,28)(H2,23,25,26,27). The first-order valence-corrected chi connectivity index (χ1v) is 9.67. The predicted molar refractivity (Wildman–Crippen MR) is 110 cm³/mol. The lowest BCUT2D eigenvalue weighted by atomic mass is 10.2. The summed E-state index contributed by atoms with van der Waals surface area (Å²) in [5.74, 6) is -0.686. The van der Waals surface area contributed by atoms with E-state index in [4.69, 9.17) is 0 Å². The average molecular weight is 408 g/mol. The first-order chi connectivity index (χ1) is 14.2. The van der Waals surface area contributed by atoms with Gasteiger partial charge in [0, 0.05) is 17.6 Å². The Morgan fingerprint density at radius 3 is 2.83 bits per heavy atom. The molecule has 2 aromatic carbocycles. The van der Waals surface area contributed by atoms with Gasteiger partial charge in [-0.05, 0) is 47.3 Å². The van der Waals surface area contributed by atoms with E-state index in [2.05, 4.69) is 30.8 Å². The van der Waals surface area contributed by atoms with Crippen molar-refractivity contribution >= 4 is 49.9 Å². The molecule has 3 N–H and O–H groups in total. The van der Waals surface area contributed by atoms with E-state index in [9.17, 15) is 8.78 Å². The number of hydrogen-bond donors (Lipinski definition) is 3. The van der Waals surface area contributed by atoms with Crippen LogP contribution in [0.15, 0.2) is 54.0 Å². The van der Waals surface area contributed by atoms with Crippen LogP contribution in [0.1, 0.15) is 5.56 Å². The summed E-state index contributed by atoms with van der Waals surface area (Å²) in [6.07, 6.45) is 1.76. The highest BCUT2D eigenvalue weighted by molar-refractivity contribution is 7.17. The molecule has 0 aliphatic heterocycles. The van der Waals surface area contributed by atoms with Crippen LogP contribution in [0.2, 0.25) is 0 Å². The molecule has 0 radical (unpaired) electrons. The van der Waals surface area contributed by atoms with Crippen molar-refractivity contribution in [3.63, 3.8) is 0 Å². The van der Waals surface area contributed by atoms with Gasteiger partial charge in [0.05, 0.1) is 21.9 Å². The Labute approximate surface area is 167 Å². The highest BCUT2D eigenvalue weighted by Crippen LogP contribution is 2.30. The number of fused-ring (bicyclic) bond motifs is 2. The maximum Gasteiger partial charge on any atom is 0.225 e. The van der Waals surface area contributed by atoms with Crippen molar-refractivity contribution in [2.45, 2.75) is 6.54 Å². The van der Waals surface area contributed by atoms with Crippen molar-refractivity contribution < 1.29 is 8.78 Å². The molecule has 3 heterocycles. The van der Waals surface area contributed by atoms with Gasteiger partial charge in [0.25, 0.3) is 0 Å². The third-order valence-corrected chi connectivity index (χ3v) is 5.35. The lowest BCUT2D eigenvalue weighted by molar-refractivity contribution is 0.507. The van der Waals surface area contributed by atoms with Gasteiger partial charge >= 0.3 is 0 Å². The van der Waals surface area contributed by atoms with Crippen LogP contribution >= 0.6 is 11.3 Å². The number of nitrogens with zero attached hydrogens (tertiary/aromatic N) is 3. The van der Waals surface area contributed by atoms with E-state index < -0.39 is 11.6 Å². The molecule has 0 amide bonds. The minimum absolute atomic E-state index is 0.271. The Morgan fingerprint density at radius 2 is 1.93 bits per heavy atom. The summed E-state index contributed by atoms with van der Waals surface area (Å²) >= 11 is 1.54. The van der Waals surface area contributed by atoms with E-state index in [1.54, 1.807) is 17.5 Å². The number of halogens is 2. The second-order valence-electron chi connectivity index (χ2n) is 6.43. The predicted octanol–water partition coefficient (Wildman–Crippen LogP) is 5.20. The van der Waals surface area contributed by atoms with Gasteiger partial charge in [-0.15, -0.1) is 11.3 Å². The van der Waals surface area contributed by atoms with E-state index in [0.717, 1.165) is 38.9 Å². The molecule has 6 nitrogen and oxygen atoms in total. The number of H-pyrrole nitrogens is 1. The molecule has 0 saturated heterocycles. The molecule has 29 heavy (non-hydrogen) atoms. The zero-order chi connectivity index (χ0) is 19.8. The van der Waals surface area contributed by atoms with Gasteiger partial charge in [0.1, 0.15) is 0 Å². The fraction of sp³-hybridized carbons (Fsp3) is 0.0500. The third kappa shape index (κ3) is 3.47. The lowest BCUT2D eigenvalue weighted by Gasteiger charge is -2.10. The molecule has 0 bridgehead atoms. The second-order valence-corrected chi connectivity index (χ2v) is 7.35. The zero-order valence-electron chi connectivity index (χ0n) is 14.9. The molecule has 0 unspecified atom stereocenters. The molecule has 3 aromatic heterocycles. The van der Waals surface area contributed by atoms with Crippen molar-refractivity contribution in [2.75, 3.05) is 10.6 Å². The smallest absolute Gasteiger partial charge is 0.225 e. The molecule has 0 aliphatic rings. The molecule has 0 saturated carbocycles. The fourth-order valence-electron chi connectivity index (χ4n) is 3.02. The third-order valence-electron chi connectivity index (χ3n) is 4.44. The molecule has 5 aromatic rings. The van der Waals surface area contributed by atoms with E-state index >= 15 is 0 Å². The number of thiophene rings is 1. The van der Waals surface area contributed by atoms with Gasteiger partial charge < -0.3 is 10.6 Å². The van der Waals surface area contributed by atoms with Crippen molar-refractivity contribution in [3.05, 3.63) is 71.2 Å². The lowest BCUT2D eigenvalue weighted by Crippen LogP contribution is -2.06. The van der Waals surface area contributed by atoms with E-state index in [1.807, 2.05) is 29.6 Å². The van der Waals surface area contributed by atoms with Crippen LogP contribution in [-0.4, -0.2) is 20.2 Å². The maximum absolute atomic E-state index is 13.4. The summed E-state index contributed by atoms with van der Waals surface area (Å²) in [6, 6.07) is 11.6. The molecule has 5 rings (SSSR count). The first kappa shape index (κ1) is 17.5. The van der Waals surface area contributed by atoms with Gasteiger partial charge in [-0.1, -0.05) is 6.07 Å².